The zero-order valence-corrected chi connectivity index (χ0v) is 19.9. The zero-order chi connectivity index (χ0) is 19.9. The molecule has 3 saturated carbocycles. The normalized spacial score (nSPS) is 37.4. The fourth-order valence-corrected chi connectivity index (χ4v) is 6.61. The summed E-state index contributed by atoms with van der Waals surface area (Å²) in [5.74, 6) is 8.01. The van der Waals surface area contributed by atoms with Crippen LogP contribution in [0.15, 0.2) is 0 Å². The summed E-state index contributed by atoms with van der Waals surface area (Å²) in [7, 11) is 0. The van der Waals surface area contributed by atoms with Gasteiger partial charge in [-0.3, -0.25) is 0 Å². The molecule has 0 saturated heterocycles. The van der Waals surface area contributed by atoms with Crippen LogP contribution in [0.25, 0.3) is 0 Å². The number of fused-ring (bicyclic) bond motifs is 2. The fraction of sp³-hybridized carbons (Fsp3) is 1.00. The van der Waals surface area contributed by atoms with Gasteiger partial charge in [-0.2, -0.15) is 0 Å². The molecule has 3 fully saturated rings. The fourth-order valence-electron chi connectivity index (χ4n) is 6.61. The topological polar surface area (TPSA) is 0 Å². The lowest BCUT2D eigenvalue weighted by Crippen LogP contribution is -2.29. The molecular weight excluding hydrogens is 312 g/mol. The highest BCUT2D eigenvalue weighted by atomic mass is 14.5. The maximum atomic E-state index is 2.43. The Labute approximate surface area is 166 Å². The molecule has 0 heterocycles. The Hall–Kier alpha value is 0. The van der Waals surface area contributed by atoms with E-state index in [1.807, 2.05) is 0 Å². The third-order valence-corrected chi connectivity index (χ3v) is 8.52. The molecule has 2 bridgehead atoms. The second kappa shape index (κ2) is 8.16. The minimum Gasteiger partial charge on any atom is -0.0625 e. The van der Waals surface area contributed by atoms with E-state index >= 15 is 0 Å². The summed E-state index contributed by atoms with van der Waals surface area (Å²) < 4.78 is 0. The predicted molar refractivity (Wildman–Crippen MR) is 117 cm³/mol. The quantitative estimate of drug-likeness (QED) is 0.462. The molecule has 3 aliphatic carbocycles. The average Bonchev–Trinajstić information content (AvgIpc) is 3.20. The first-order chi connectivity index (χ1) is 11.8. The summed E-state index contributed by atoms with van der Waals surface area (Å²) >= 11 is 0. The zero-order valence-electron chi connectivity index (χ0n) is 19.9. The molecule has 0 aliphatic heterocycles. The summed E-state index contributed by atoms with van der Waals surface area (Å²) in [6, 6.07) is 0. The Morgan fingerprint density at radius 1 is 0.615 bits per heavy atom. The summed E-state index contributed by atoms with van der Waals surface area (Å²) in [4.78, 5) is 0. The first kappa shape index (κ1) is 22.3. The van der Waals surface area contributed by atoms with E-state index in [0.29, 0.717) is 10.8 Å². The third kappa shape index (κ3) is 5.29. The smallest absolute Gasteiger partial charge is 0.0334 e. The van der Waals surface area contributed by atoms with Crippen molar-refractivity contribution in [3.63, 3.8) is 0 Å². The van der Waals surface area contributed by atoms with Gasteiger partial charge in [-0.05, 0) is 96.7 Å². The van der Waals surface area contributed by atoms with Crippen LogP contribution in [-0.2, 0) is 0 Å². The van der Waals surface area contributed by atoms with Crippen molar-refractivity contribution in [2.45, 2.75) is 108 Å². The summed E-state index contributed by atoms with van der Waals surface area (Å²) in [6.45, 7) is 24.0. The van der Waals surface area contributed by atoms with E-state index in [1.165, 1.54) is 32.1 Å². The molecule has 154 valence electrons. The second-order valence-electron chi connectivity index (χ2n) is 13.0. The van der Waals surface area contributed by atoms with Crippen LogP contribution in [0.4, 0.5) is 0 Å². The molecular formula is C26H50. The first-order valence-electron chi connectivity index (χ1n) is 11.8. The van der Waals surface area contributed by atoms with Crippen LogP contribution in [0.5, 0.6) is 0 Å². The van der Waals surface area contributed by atoms with Gasteiger partial charge in [-0.1, -0.05) is 69.2 Å². The maximum Gasteiger partial charge on any atom is -0.0334 e. The van der Waals surface area contributed by atoms with Crippen molar-refractivity contribution in [1.82, 2.24) is 0 Å². The molecule has 0 spiro atoms. The molecule has 0 radical (unpaired) electrons. The van der Waals surface area contributed by atoms with Crippen LogP contribution in [0, 0.1) is 58.2 Å². The Kier molecular flexibility index (Phi) is 7.00. The van der Waals surface area contributed by atoms with E-state index in [0.717, 1.165) is 47.3 Å². The highest BCUT2D eigenvalue weighted by molar-refractivity contribution is 4.99. The molecule has 0 nitrogen and oxygen atoms in total. The molecule has 0 heteroatoms. The van der Waals surface area contributed by atoms with Crippen molar-refractivity contribution < 1.29 is 0 Å². The van der Waals surface area contributed by atoms with E-state index in [2.05, 4.69) is 69.2 Å². The minimum atomic E-state index is 0.545. The van der Waals surface area contributed by atoms with Crippen LogP contribution in [0.2, 0.25) is 0 Å². The standard InChI is InChI=1S/C14H26.C12H24/c1-9(2)12-7-11-6-10(12)8-13(11)14(3,4)5;1-9(2)10-6-7-11(8-10)12(3,4)5/h9-13H,6-8H2,1-5H3;9-11H,6-8H2,1-5H3/t10?,11-,12?,13?;/m1./s1. The average molecular weight is 363 g/mol. The van der Waals surface area contributed by atoms with E-state index in [-0.39, 0.29) is 0 Å². The Bertz CT molecular complexity index is 430. The summed E-state index contributed by atoms with van der Waals surface area (Å²) in [5, 5.41) is 0. The molecule has 0 N–H and O–H groups in total. The first-order valence-corrected chi connectivity index (χ1v) is 11.8. The monoisotopic (exact) mass is 362 g/mol. The summed E-state index contributed by atoms with van der Waals surface area (Å²) in [6.07, 6.45) is 9.01. The van der Waals surface area contributed by atoms with Gasteiger partial charge in [0, 0.05) is 0 Å². The van der Waals surface area contributed by atoms with Crippen molar-refractivity contribution in [2.75, 3.05) is 0 Å². The van der Waals surface area contributed by atoms with Crippen LogP contribution >= 0.6 is 0 Å². The maximum absolute atomic E-state index is 2.43. The van der Waals surface area contributed by atoms with Crippen LogP contribution < -0.4 is 0 Å². The van der Waals surface area contributed by atoms with Crippen molar-refractivity contribution >= 4 is 0 Å². The Morgan fingerprint density at radius 3 is 1.54 bits per heavy atom. The summed E-state index contributed by atoms with van der Waals surface area (Å²) in [5.41, 5.74) is 1.10. The largest absolute Gasteiger partial charge is 0.0625 e. The van der Waals surface area contributed by atoms with E-state index in [1.54, 1.807) is 6.42 Å². The molecule has 5 unspecified atom stereocenters. The highest BCUT2D eigenvalue weighted by Crippen LogP contribution is 2.58. The molecule has 6 atom stereocenters. The highest BCUT2D eigenvalue weighted by Gasteiger charge is 2.49. The number of hydrogen-bond acceptors (Lipinski definition) is 0. The minimum absolute atomic E-state index is 0.545. The molecule has 0 aromatic heterocycles. The van der Waals surface area contributed by atoms with Gasteiger partial charge >= 0.3 is 0 Å². The van der Waals surface area contributed by atoms with Crippen molar-refractivity contribution in [3.05, 3.63) is 0 Å². The molecule has 0 aromatic carbocycles. The molecule has 0 aromatic rings. The lowest BCUT2D eigenvalue weighted by Gasteiger charge is -2.37. The Morgan fingerprint density at radius 2 is 1.23 bits per heavy atom. The molecule has 3 rings (SSSR count). The van der Waals surface area contributed by atoms with Crippen molar-refractivity contribution in [3.8, 4) is 0 Å². The molecule has 3 aliphatic rings. The van der Waals surface area contributed by atoms with Crippen LogP contribution in [0.3, 0.4) is 0 Å². The predicted octanol–water partition coefficient (Wildman–Crippen LogP) is 8.46. The van der Waals surface area contributed by atoms with Gasteiger partial charge in [0.05, 0.1) is 0 Å². The lowest BCUT2D eigenvalue weighted by molar-refractivity contribution is 0.119. The molecule has 26 heavy (non-hydrogen) atoms. The number of rotatable bonds is 2. The second-order valence-corrected chi connectivity index (χ2v) is 13.0. The molecule has 0 amide bonds. The van der Waals surface area contributed by atoms with Gasteiger partial charge in [-0.25, -0.2) is 0 Å². The van der Waals surface area contributed by atoms with E-state index in [9.17, 15) is 0 Å². The SMILES string of the molecule is CC(C)C1CCC(C(C)(C)C)C1.CC(C)C1C[C@H]2CC1CC2C(C)(C)C. The van der Waals surface area contributed by atoms with Crippen LogP contribution in [0.1, 0.15) is 108 Å². The van der Waals surface area contributed by atoms with Crippen molar-refractivity contribution in [2.24, 2.45) is 58.2 Å². The van der Waals surface area contributed by atoms with Gasteiger partial charge in [-0.15, -0.1) is 0 Å². The lowest BCUT2D eigenvalue weighted by atomic mass is 9.68. The van der Waals surface area contributed by atoms with Gasteiger partial charge in [0.15, 0.2) is 0 Å². The van der Waals surface area contributed by atoms with Crippen LogP contribution in [-0.4, -0.2) is 0 Å². The van der Waals surface area contributed by atoms with Gasteiger partial charge < -0.3 is 0 Å². The Balaban J connectivity index is 0.000000190. The van der Waals surface area contributed by atoms with E-state index in [4.69, 9.17) is 0 Å². The van der Waals surface area contributed by atoms with Gasteiger partial charge in [0.25, 0.3) is 0 Å². The number of hydrogen-bond donors (Lipinski definition) is 0. The third-order valence-electron chi connectivity index (χ3n) is 8.52. The van der Waals surface area contributed by atoms with Crippen molar-refractivity contribution in [1.29, 1.82) is 0 Å². The van der Waals surface area contributed by atoms with Gasteiger partial charge in [0.2, 0.25) is 0 Å². The van der Waals surface area contributed by atoms with Gasteiger partial charge in [0.1, 0.15) is 0 Å². The van der Waals surface area contributed by atoms with E-state index < -0.39 is 0 Å².